The Bertz CT molecular complexity index is 575. The molecule has 0 saturated carbocycles. The van der Waals surface area contributed by atoms with E-state index in [0.29, 0.717) is 13.1 Å². The summed E-state index contributed by atoms with van der Waals surface area (Å²) in [6.07, 6.45) is 0. The molecule has 1 N–H and O–H groups in total. The standard InChI is InChI=1S/C19H28N2O4/c1-19(2,3)25-18(24)16(14-22)17(23)21-11-9-20(10-12-21)13-15-7-5-4-6-8-15/h4-8,16,22H,9-14H2,1-3H3. The zero-order valence-corrected chi connectivity index (χ0v) is 15.3. The smallest absolute Gasteiger partial charge is 0.321 e. The molecule has 1 heterocycles. The molecular weight excluding hydrogens is 320 g/mol. The van der Waals surface area contributed by atoms with Crippen molar-refractivity contribution in [3.05, 3.63) is 35.9 Å². The van der Waals surface area contributed by atoms with Gasteiger partial charge < -0.3 is 14.7 Å². The van der Waals surface area contributed by atoms with Gasteiger partial charge in [0.1, 0.15) is 5.60 Å². The van der Waals surface area contributed by atoms with E-state index in [1.807, 2.05) is 18.2 Å². The maximum absolute atomic E-state index is 12.6. The fraction of sp³-hybridized carbons (Fsp3) is 0.579. The summed E-state index contributed by atoms with van der Waals surface area (Å²) in [5.74, 6) is -2.15. The second kappa shape index (κ2) is 8.45. The number of carbonyl (C=O) groups excluding carboxylic acids is 2. The number of benzene rings is 1. The number of amides is 1. The predicted octanol–water partition coefficient (Wildman–Crippen LogP) is 1.28. The van der Waals surface area contributed by atoms with Gasteiger partial charge in [0, 0.05) is 32.7 Å². The summed E-state index contributed by atoms with van der Waals surface area (Å²) in [7, 11) is 0. The topological polar surface area (TPSA) is 70.1 Å². The van der Waals surface area contributed by atoms with Gasteiger partial charge in [0.2, 0.25) is 5.91 Å². The van der Waals surface area contributed by atoms with Crippen LogP contribution in [0.2, 0.25) is 0 Å². The molecule has 1 aromatic carbocycles. The number of piperazine rings is 1. The van der Waals surface area contributed by atoms with Crippen LogP contribution in [0.3, 0.4) is 0 Å². The van der Waals surface area contributed by atoms with Crippen LogP contribution in [-0.4, -0.2) is 65.2 Å². The minimum atomic E-state index is -1.14. The third-order valence-corrected chi connectivity index (χ3v) is 4.10. The maximum Gasteiger partial charge on any atom is 0.321 e. The lowest BCUT2D eigenvalue weighted by atomic mass is 10.1. The van der Waals surface area contributed by atoms with Gasteiger partial charge >= 0.3 is 5.97 Å². The molecule has 0 radical (unpaired) electrons. The van der Waals surface area contributed by atoms with E-state index in [9.17, 15) is 14.7 Å². The first-order chi connectivity index (χ1) is 11.8. The van der Waals surface area contributed by atoms with Crippen molar-refractivity contribution in [1.82, 2.24) is 9.80 Å². The highest BCUT2D eigenvalue weighted by atomic mass is 16.6. The summed E-state index contributed by atoms with van der Waals surface area (Å²) in [4.78, 5) is 28.6. The maximum atomic E-state index is 12.6. The van der Waals surface area contributed by atoms with Crippen LogP contribution in [-0.2, 0) is 20.9 Å². The number of esters is 1. The molecule has 0 bridgehead atoms. The zero-order valence-electron chi connectivity index (χ0n) is 15.3. The Kier molecular flexibility index (Phi) is 6.56. The molecular formula is C19H28N2O4. The molecule has 1 saturated heterocycles. The third kappa shape index (κ3) is 5.83. The summed E-state index contributed by atoms with van der Waals surface area (Å²) >= 11 is 0. The van der Waals surface area contributed by atoms with Crippen LogP contribution in [0.5, 0.6) is 0 Å². The molecule has 1 aromatic rings. The SMILES string of the molecule is CC(C)(C)OC(=O)C(CO)C(=O)N1CCN(Cc2ccccc2)CC1. The van der Waals surface area contributed by atoms with Crippen molar-refractivity contribution in [3.8, 4) is 0 Å². The first-order valence-electron chi connectivity index (χ1n) is 8.69. The number of nitrogens with zero attached hydrogens (tertiary/aromatic N) is 2. The molecule has 2 rings (SSSR count). The van der Waals surface area contributed by atoms with Gasteiger partial charge in [-0.15, -0.1) is 0 Å². The average Bonchev–Trinajstić information content (AvgIpc) is 2.55. The Hall–Kier alpha value is -1.92. The molecule has 0 aromatic heterocycles. The molecule has 6 heteroatoms. The van der Waals surface area contributed by atoms with E-state index in [-0.39, 0.29) is 5.91 Å². The fourth-order valence-electron chi connectivity index (χ4n) is 2.81. The second-order valence-electron chi connectivity index (χ2n) is 7.36. The van der Waals surface area contributed by atoms with Crippen LogP contribution >= 0.6 is 0 Å². The highest BCUT2D eigenvalue weighted by molar-refractivity contribution is 5.98. The monoisotopic (exact) mass is 348 g/mol. The molecule has 1 aliphatic rings. The lowest BCUT2D eigenvalue weighted by molar-refractivity contribution is -0.167. The molecule has 25 heavy (non-hydrogen) atoms. The van der Waals surface area contributed by atoms with Crippen LogP contribution in [0.25, 0.3) is 0 Å². The molecule has 0 aliphatic carbocycles. The number of aliphatic hydroxyl groups excluding tert-OH is 1. The van der Waals surface area contributed by atoms with Crippen molar-refractivity contribution < 1.29 is 19.4 Å². The van der Waals surface area contributed by atoms with Gasteiger partial charge in [-0.1, -0.05) is 30.3 Å². The Morgan fingerprint density at radius 2 is 1.72 bits per heavy atom. The summed E-state index contributed by atoms with van der Waals surface area (Å²) in [6, 6.07) is 10.2. The molecule has 1 amide bonds. The molecule has 138 valence electrons. The van der Waals surface area contributed by atoms with Gasteiger partial charge in [-0.3, -0.25) is 14.5 Å². The van der Waals surface area contributed by atoms with Crippen LogP contribution in [0.4, 0.5) is 0 Å². The third-order valence-electron chi connectivity index (χ3n) is 4.10. The van der Waals surface area contributed by atoms with Gasteiger partial charge in [0.25, 0.3) is 0 Å². The largest absolute Gasteiger partial charge is 0.459 e. The van der Waals surface area contributed by atoms with Crippen LogP contribution < -0.4 is 0 Å². The fourth-order valence-corrected chi connectivity index (χ4v) is 2.81. The number of rotatable bonds is 5. The lowest BCUT2D eigenvalue weighted by Crippen LogP contribution is -2.52. The van der Waals surface area contributed by atoms with E-state index in [1.54, 1.807) is 25.7 Å². The first-order valence-corrected chi connectivity index (χ1v) is 8.69. The zero-order chi connectivity index (χ0) is 18.4. The van der Waals surface area contributed by atoms with E-state index < -0.39 is 24.1 Å². The van der Waals surface area contributed by atoms with Crippen molar-refractivity contribution in [3.63, 3.8) is 0 Å². The van der Waals surface area contributed by atoms with Crippen LogP contribution in [0, 0.1) is 5.92 Å². The average molecular weight is 348 g/mol. The molecule has 1 fully saturated rings. The van der Waals surface area contributed by atoms with Crippen molar-refractivity contribution in [2.45, 2.75) is 32.9 Å². The number of aliphatic hydroxyl groups is 1. The quantitative estimate of drug-likeness (QED) is 0.641. The molecule has 1 atom stereocenters. The Morgan fingerprint density at radius 1 is 1.12 bits per heavy atom. The minimum Gasteiger partial charge on any atom is -0.459 e. The Balaban J connectivity index is 1.88. The summed E-state index contributed by atoms with van der Waals surface area (Å²) in [5, 5.41) is 9.48. The Labute approximate surface area is 149 Å². The van der Waals surface area contributed by atoms with Crippen molar-refractivity contribution in [2.24, 2.45) is 5.92 Å². The van der Waals surface area contributed by atoms with Gasteiger partial charge in [0.05, 0.1) is 6.61 Å². The molecule has 0 spiro atoms. The minimum absolute atomic E-state index is 0.351. The van der Waals surface area contributed by atoms with Crippen LogP contribution in [0.15, 0.2) is 30.3 Å². The van der Waals surface area contributed by atoms with E-state index >= 15 is 0 Å². The number of hydrogen-bond donors (Lipinski definition) is 1. The highest BCUT2D eigenvalue weighted by Crippen LogP contribution is 2.15. The van der Waals surface area contributed by atoms with Crippen molar-refractivity contribution >= 4 is 11.9 Å². The Morgan fingerprint density at radius 3 is 2.24 bits per heavy atom. The molecule has 6 nitrogen and oxygen atoms in total. The van der Waals surface area contributed by atoms with Gasteiger partial charge in [-0.05, 0) is 26.3 Å². The van der Waals surface area contributed by atoms with Gasteiger partial charge in [-0.2, -0.15) is 0 Å². The van der Waals surface area contributed by atoms with Gasteiger partial charge in [-0.25, -0.2) is 0 Å². The lowest BCUT2D eigenvalue weighted by Gasteiger charge is -2.36. The normalized spacial score (nSPS) is 17.2. The summed E-state index contributed by atoms with van der Waals surface area (Å²) in [5.41, 5.74) is 0.559. The highest BCUT2D eigenvalue weighted by Gasteiger charge is 2.35. The predicted molar refractivity (Wildman–Crippen MR) is 94.7 cm³/mol. The van der Waals surface area contributed by atoms with Crippen LogP contribution in [0.1, 0.15) is 26.3 Å². The summed E-state index contributed by atoms with van der Waals surface area (Å²) < 4.78 is 5.25. The van der Waals surface area contributed by atoms with Gasteiger partial charge in [0.15, 0.2) is 5.92 Å². The number of hydrogen-bond acceptors (Lipinski definition) is 5. The number of ether oxygens (including phenoxy) is 1. The van der Waals surface area contributed by atoms with Crippen molar-refractivity contribution in [2.75, 3.05) is 32.8 Å². The summed E-state index contributed by atoms with van der Waals surface area (Å²) in [6.45, 7) is 8.12. The number of carbonyl (C=O) groups is 2. The molecule has 1 aliphatic heterocycles. The van der Waals surface area contributed by atoms with E-state index in [1.165, 1.54) is 5.56 Å². The second-order valence-corrected chi connectivity index (χ2v) is 7.36. The van der Waals surface area contributed by atoms with Crippen molar-refractivity contribution in [1.29, 1.82) is 0 Å². The molecule has 1 unspecified atom stereocenters. The van der Waals surface area contributed by atoms with E-state index in [4.69, 9.17) is 4.74 Å². The first kappa shape index (κ1) is 19.4. The van der Waals surface area contributed by atoms with E-state index in [0.717, 1.165) is 19.6 Å². The van der Waals surface area contributed by atoms with E-state index in [2.05, 4.69) is 17.0 Å².